The van der Waals surface area contributed by atoms with Crippen molar-refractivity contribution in [3.63, 3.8) is 0 Å². The summed E-state index contributed by atoms with van der Waals surface area (Å²) in [5, 5.41) is 0. The Bertz CT molecular complexity index is 207. The van der Waals surface area contributed by atoms with Crippen LogP contribution in [0.15, 0.2) is 0 Å². The first-order valence-electron chi connectivity index (χ1n) is 5.13. The van der Waals surface area contributed by atoms with Gasteiger partial charge in [0.2, 0.25) is 0 Å². The number of amides is 1. The van der Waals surface area contributed by atoms with E-state index in [9.17, 15) is 4.79 Å². The largest absolute Gasteiger partial charge is 0.443 e. The van der Waals surface area contributed by atoms with Crippen molar-refractivity contribution in [3.8, 4) is 0 Å². The lowest BCUT2D eigenvalue weighted by molar-refractivity contribution is 0.0487. The summed E-state index contributed by atoms with van der Waals surface area (Å²) >= 11 is 0. The van der Waals surface area contributed by atoms with Crippen LogP contribution >= 0.6 is 0 Å². The van der Waals surface area contributed by atoms with E-state index in [4.69, 9.17) is 4.74 Å². The van der Waals surface area contributed by atoms with Crippen molar-refractivity contribution >= 4 is 6.09 Å². The molecule has 14 heavy (non-hydrogen) atoms. The third-order valence-electron chi connectivity index (χ3n) is 2.13. The van der Waals surface area contributed by atoms with E-state index in [0.717, 1.165) is 0 Å². The minimum absolute atomic E-state index is 0.336. The smallest absolute Gasteiger partial charge is 0.422 e. The lowest BCUT2D eigenvalue weighted by Gasteiger charge is -2.21. The zero-order valence-corrected chi connectivity index (χ0v) is 9.39. The van der Waals surface area contributed by atoms with Crippen molar-refractivity contribution in [1.29, 1.82) is 0 Å². The molecule has 0 saturated heterocycles. The first kappa shape index (κ1) is 11.3. The SMILES string of the molecule is CC(NNC(=O)OC(C)(C)C)C1CC1. The highest BCUT2D eigenvalue weighted by Crippen LogP contribution is 2.31. The van der Waals surface area contributed by atoms with Gasteiger partial charge in [0.1, 0.15) is 5.60 Å². The molecule has 0 spiro atoms. The summed E-state index contributed by atoms with van der Waals surface area (Å²) in [7, 11) is 0. The van der Waals surface area contributed by atoms with Crippen LogP contribution in [-0.2, 0) is 4.74 Å². The Labute approximate surface area is 85.4 Å². The predicted octanol–water partition coefficient (Wildman–Crippen LogP) is 1.81. The molecule has 0 aromatic rings. The Balaban J connectivity index is 2.14. The van der Waals surface area contributed by atoms with Crippen molar-refractivity contribution in [2.24, 2.45) is 5.92 Å². The van der Waals surface area contributed by atoms with Gasteiger partial charge in [-0.1, -0.05) is 0 Å². The molecule has 1 unspecified atom stereocenters. The Morgan fingerprint density at radius 3 is 2.43 bits per heavy atom. The van der Waals surface area contributed by atoms with E-state index in [0.29, 0.717) is 12.0 Å². The van der Waals surface area contributed by atoms with Crippen molar-refractivity contribution in [3.05, 3.63) is 0 Å². The summed E-state index contributed by atoms with van der Waals surface area (Å²) in [6, 6.07) is 0.336. The molecule has 1 aliphatic rings. The number of nitrogens with one attached hydrogen (secondary N) is 2. The van der Waals surface area contributed by atoms with Crippen molar-refractivity contribution in [2.75, 3.05) is 0 Å². The molecule has 0 aromatic carbocycles. The first-order valence-corrected chi connectivity index (χ1v) is 5.13. The Hall–Kier alpha value is -0.770. The Morgan fingerprint density at radius 1 is 1.43 bits per heavy atom. The van der Waals surface area contributed by atoms with E-state index < -0.39 is 11.7 Å². The van der Waals surface area contributed by atoms with Gasteiger partial charge in [-0.25, -0.2) is 10.2 Å². The molecular weight excluding hydrogens is 180 g/mol. The number of rotatable bonds is 3. The molecule has 1 fully saturated rings. The topological polar surface area (TPSA) is 50.4 Å². The summed E-state index contributed by atoms with van der Waals surface area (Å²) in [6.45, 7) is 7.60. The van der Waals surface area contributed by atoms with Gasteiger partial charge in [0.25, 0.3) is 0 Å². The minimum atomic E-state index is -0.436. The average Bonchev–Trinajstić information content (AvgIpc) is 2.78. The Kier molecular flexibility index (Phi) is 3.37. The lowest BCUT2D eigenvalue weighted by atomic mass is 10.2. The highest BCUT2D eigenvalue weighted by atomic mass is 16.6. The molecule has 1 amide bonds. The van der Waals surface area contributed by atoms with Crippen molar-refractivity contribution < 1.29 is 9.53 Å². The van der Waals surface area contributed by atoms with Gasteiger partial charge in [-0.15, -0.1) is 0 Å². The monoisotopic (exact) mass is 200 g/mol. The molecular formula is C10H20N2O2. The van der Waals surface area contributed by atoms with E-state index in [1.807, 2.05) is 20.8 Å². The normalized spacial score (nSPS) is 18.9. The second kappa shape index (κ2) is 4.17. The molecule has 0 radical (unpaired) electrons. The molecule has 1 saturated carbocycles. The van der Waals surface area contributed by atoms with Crippen LogP contribution in [0, 0.1) is 5.92 Å². The molecule has 1 aliphatic carbocycles. The predicted molar refractivity (Wildman–Crippen MR) is 54.7 cm³/mol. The number of carbonyl (C=O) groups excluding carboxylic acids is 1. The number of hydrogen-bond donors (Lipinski definition) is 2. The van der Waals surface area contributed by atoms with Crippen molar-refractivity contribution in [1.82, 2.24) is 10.9 Å². The van der Waals surface area contributed by atoms with E-state index in [-0.39, 0.29) is 0 Å². The van der Waals surface area contributed by atoms with E-state index >= 15 is 0 Å². The molecule has 4 nitrogen and oxygen atoms in total. The molecule has 1 atom stereocenters. The van der Waals surface area contributed by atoms with Gasteiger partial charge in [0.15, 0.2) is 0 Å². The van der Waals surface area contributed by atoms with Crippen molar-refractivity contribution in [2.45, 2.75) is 52.2 Å². The minimum Gasteiger partial charge on any atom is -0.443 e. The summed E-state index contributed by atoms with van der Waals surface area (Å²) in [5.41, 5.74) is 5.06. The fourth-order valence-electron chi connectivity index (χ4n) is 1.19. The quantitative estimate of drug-likeness (QED) is 0.683. The van der Waals surface area contributed by atoms with E-state index in [2.05, 4.69) is 17.8 Å². The maximum absolute atomic E-state index is 11.2. The summed E-state index contributed by atoms with van der Waals surface area (Å²) in [4.78, 5) is 11.2. The zero-order valence-electron chi connectivity index (χ0n) is 9.39. The lowest BCUT2D eigenvalue weighted by Crippen LogP contribution is -2.46. The zero-order chi connectivity index (χ0) is 10.8. The highest BCUT2D eigenvalue weighted by molar-refractivity contribution is 5.67. The fourth-order valence-corrected chi connectivity index (χ4v) is 1.19. The number of hydrogen-bond acceptors (Lipinski definition) is 3. The second-order valence-corrected chi connectivity index (χ2v) is 4.90. The fraction of sp³-hybridized carbons (Fsp3) is 0.900. The number of ether oxygens (including phenoxy) is 1. The number of carbonyl (C=O) groups is 1. The standard InChI is InChI=1S/C10H20N2O2/c1-7(8-5-6-8)11-12-9(13)14-10(2,3)4/h7-8,11H,5-6H2,1-4H3,(H,12,13). The second-order valence-electron chi connectivity index (χ2n) is 4.90. The molecule has 0 aromatic heterocycles. The van der Waals surface area contributed by atoms with Gasteiger partial charge >= 0.3 is 6.09 Å². The van der Waals surface area contributed by atoms with Gasteiger partial charge < -0.3 is 4.74 Å². The van der Waals surface area contributed by atoms with Gasteiger partial charge in [-0.05, 0) is 46.5 Å². The molecule has 0 aliphatic heterocycles. The Morgan fingerprint density at radius 2 is 2.00 bits per heavy atom. The van der Waals surface area contributed by atoms with Gasteiger partial charge in [0, 0.05) is 6.04 Å². The third-order valence-corrected chi connectivity index (χ3v) is 2.13. The van der Waals surface area contributed by atoms with E-state index in [1.165, 1.54) is 12.8 Å². The summed E-state index contributed by atoms with van der Waals surface area (Å²) < 4.78 is 5.08. The van der Waals surface area contributed by atoms with Crippen LogP contribution in [0.2, 0.25) is 0 Å². The van der Waals surface area contributed by atoms with Crippen LogP contribution in [0.5, 0.6) is 0 Å². The van der Waals surface area contributed by atoms with Gasteiger partial charge in [0.05, 0.1) is 0 Å². The molecule has 2 N–H and O–H groups in total. The molecule has 0 heterocycles. The van der Waals surface area contributed by atoms with Crippen LogP contribution in [0.3, 0.4) is 0 Å². The third kappa shape index (κ3) is 4.46. The van der Waals surface area contributed by atoms with Crippen LogP contribution in [0.25, 0.3) is 0 Å². The van der Waals surface area contributed by atoms with Crippen LogP contribution < -0.4 is 10.9 Å². The molecule has 82 valence electrons. The van der Waals surface area contributed by atoms with Crippen LogP contribution in [0.4, 0.5) is 4.79 Å². The first-order chi connectivity index (χ1) is 6.38. The molecule has 1 rings (SSSR count). The highest BCUT2D eigenvalue weighted by Gasteiger charge is 2.28. The summed E-state index contributed by atoms with van der Waals surface area (Å²) in [6.07, 6.45) is 2.10. The molecule has 4 heteroatoms. The average molecular weight is 200 g/mol. The summed E-state index contributed by atoms with van der Waals surface area (Å²) in [5.74, 6) is 0.713. The maximum Gasteiger partial charge on any atom is 0.422 e. The molecule has 0 bridgehead atoms. The maximum atomic E-state index is 11.2. The number of hydrazine groups is 1. The van der Waals surface area contributed by atoms with Crippen LogP contribution in [0.1, 0.15) is 40.5 Å². The van der Waals surface area contributed by atoms with Crippen LogP contribution in [-0.4, -0.2) is 17.7 Å². The van der Waals surface area contributed by atoms with Gasteiger partial charge in [-0.3, -0.25) is 5.43 Å². The van der Waals surface area contributed by atoms with Gasteiger partial charge in [-0.2, -0.15) is 0 Å². The van der Waals surface area contributed by atoms with E-state index in [1.54, 1.807) is 0 Å².